The maximum Gasteiger partial charge on any atom is 0.272 e. The van der Waals surface area contributed by atoms with Crippen molar-refractivity contribution < 1.29 is 4.79 Å². The minimum Gasteiger partial charge on any atom is -0.337 e. The van der Waals surface area contributed by atoms with E-state index in [1.54, 1.807) is 0 Å². The van der Waals surface area contributed by atoms with Gasteiger partial charge in [-0.05, 0) is 32.1 Å². The van der Waals surface area contributed by atoms with E-state index in [0.717, 1.165) is 55.7 Å². The summed E-state index contributed by atoms with van der Waals surface area (Å²) < 4.78 is 3.80. The van der Waals surface area contributed by atoms with Crippen LogP contribution in [0.1, 0.15) is 45.8 Å². The van der Waals surface area contributed by atoms with Gasteiger partial charge >= 0.3 is 0 Å². The first-order chi connectivity index (χ1) is 14.1. The Bertz CT molecular complexity index is 1060. The number of aromatic nitrogens is 4. The maximum atomic E-state index is 13.4. The molecule has 1 amide bonds. The predicted molar refractivity (Wildman–Crippen MR) is 112 cm³/mol. The number of amides is 1. The first-order valence-corrected chi connectivity index (χ1v) is 10.6. The van der Waals surface area contributed by atoms with Gasteiger partial charge < -0.3 is 4.90 Å². The first-order valence-electron chi connectivity index (χ1n) is 10.6. The fourth-order valence-corrected chi connectivity index (χ4v) is 4.95. The molecule has 2 aliphatic rings. The molecule has 0 fully saturated rings. The second-order valence-electron chi connectivity index (χ2n) is 8.16. The number of carbonyl (C=O) groups excluding carboxylic acids is 1. The van der Waals surface area contributed by atoms with E-state index in [4.69, 9.17) is 5.10 Å². The largest absolute Gasteiger partial charge is 0.337 e. The number of benzene rings is 1. The average Bonchev–Trinajstić information content (AvgIpc) is 3.15. The Morgan fingerprint density at radius 2 is 1.52 bits per heavy atom. The SMILES string of the molecule is Cn1nc2c(c1C(=O)N1CCc3nn(C)c(-c4ccccc4)c3CC1)CCCC2. The van der Waals surface area contributed by atoms with Gasteiger partial charge in [0.05, 0.1) is 17.1 Å². The third-order valence-corrected chi connectivity index (χ3v) is 6.33. The molecule has 150 valence electrons. The molecule has 0 N–H and O–H groups in total. The van der Waals surface area contributed by atoms with Crippen LogP contribution in [0.4, 0.5) is 0 Å². The van der Waals surface area contributed by atoms with Crippen molar-refractivity contribution in [2.24, 2.45) is 14.1 Å². The van der Waals surface area contributed by atoms with E-state index in [1.807, 2.05) is 34.4 Å². The molecule has 2 aromatic heterocycles. The van der Waals surface area contributed by atoms with Crippen molar-refractivity contribution in [3.05, 3.63) is 58.5 Å². The Balaban J connectivity index is 1.43. The van der Waals surface area contributed by atoms with Gasteiger partial charge in [-0.25, -0.2) is 0 Å². The van der Waals surface area contributed by atoms with E-state index in [-0.39, 0.29) is 5.91 Å². The quantitative estimate of drug-likeness (QED) is 0.677. The standard InChI is InChI=1S/C23H27N5O/c1-26-21(16-8-4-3-5-9-16)18-12-14-28(15-13-20(18)25-26)23(29)22-17-10-6-7-11-19(17)24-27(22)2/h3-5,8-9H,6-7,10-15H2,1-2H3. The van der Waals surface area contributed by atoms with Crippen molar-refractivity contribution in [1.29, 1.82) is 0 Å². The molecule has 3 heterocycles. The van der Waals surface area contributed by atoms with Crippen LogP contribution in [0, 0.1) is 0 Å². The Morgan fingerprint density at radius 1 is 0.828 bits per heavy atom. The van der Waals surface area contributed by atoms with Crippen LogP contribution in [0.5, 0.6) is 0 Å². The predicted octanol–water partition coefficient (Wildman–Crippen LogP) is 2.94. The number of rotatable bonds is 2. The van der Waals surface area contributed by atoms with E-state index in [2.05, 4.69) is 29.4 Å². The molecule has 0 saturated heterocycles. The number of fused-ring (bicyclic) bond motifs is 2. The van der Waals surface area contributed by atoms with E-state index < -0.39 is 0 Å². The molecule has 5 rings (SSSR count). The van der Waals surface area contributed by atoms with Gasteiger partial charge in [0.2, 0.25) is 0 Å². The molecular weight excluding hydrogens is 362 g/mol. The highest BCUT2D eigenvalue weighted by Crippen LogP contribution is 2.30. The van der Waals surface area contributed by atoms with Crippen molar-refractivity contribution in [3.8, 4) is 11.3 Å². The van der Waals surface area contributed by atoms with Gasteiger partial charge in [0.25, 0.3) is 5.91 Å². The number of carbonyl (C=O) groups is 1. The van der Waals surface area contributed by atoms with Gasteiger partial charge in [-0.15, -0.1) is 0 Å². The summed E-state index contributed by atoms with van der Waals surface area (Å²) in [5.41, 5.74) is 7.85. The first kappa shape index (κ1) is 18.2. The van der Waals surface area contributed by atoms with Crippen molar-refractivity contribution >= 4 is 5.91 Å². The molecule has 6 nitrogen and oxygen atoms in total. The van der Waals surface area contributed by atoms with Crippen LogP contribution in [-0.2, 0) is 39.8 Å². The monoisotopic (exact) mass is 389 g/mol. The lowest BCUT2D eigenvalue weighted by Crippen LogP contribution is -2.35. The molecule has 29 heavy (non-hydrogen) atoms. The van der Waals surface area contributed by atoms with Crippen molar-refractivity contribution in [2.75, 3.05) is 13.1 Å². The highest BCUT2D eigenvalue weighted by Gasteiger charge is 2.30. The van der Waals surface area contributed by atoms with Crippen LogP contribution in [-0.4, -0.2) is 43.5 Å². The second-order valence-corrected chi connectivity index (χ2v) is 8.16. The molecule has 0 atom stereocenters. The third kappa shape index (κ3) is 3.07. The lowest BCUT2D eigenvalue weighted by atomic mass is 9.95. The molecule has 0 spiro atoms. The Morgan fingerprint density at radius 3 is 2.34 bits per heavy atom. The molecule has 0 unspecified atom stereocenters. The van der Waals surface area contributed by atoms with E-state index in [0.29, 0.717) is 6.54 Å². The van der Waals surface area contributed by atoms with E-state index in [9.17, 15) is 4.79 Å². The highest BCUT2D eigenvalue weighted by molar-refractivity contribution is 5.94. The lowest BCUT2D eigenvalue weighted by molar-refractivity contribution is 0.0750. The Labute approximate surface area is 171 Å². The van der Waals surface area contributed by atoms with E-state index >= 15 is 0 Å². The van der Waals surface area contributed by atoms with Gasteiger partial charge in [-0.1, -0.05) is 30.3 Å². The van der Waals surface area contributed by atoms with Crippen LogP contribution in [0.25, 0.3) is 11.3 Å². The molecule has 6 heteroatoms. The van der Waals surface area contributed by atoms with Gasteiger partial charge in [0, 0.05) is 50.3 Å². The van der Waals surface area contributed by atoms with Gasteiger partial charge in [-0.2, -0.15) is 10.2 Å². The molecule has 0 saturated carbocycles. The number of nitrogens with zero attached hydrogens (tertiary/aromatic N) is 5. The fourth-order valence-electron chi connectivity index (χ4n) is 4.95. The van der Waals surface area contributed by atoms with Crippen LogP contribution in [0.15, 0.2) is 30.3 Å². The zero-order chi connectivity index (χ0) is 20.0. The van der Waals surface area contributed by atoms with E-state index in [1.165, 1.54) is 28.8 Å². The summed E-state index contributed by atoms with van der Waals surface area (Å²) in [6.07, 6.45) is 5.91. The van der Waals surface area contributed by atoms with Gasteiger partial charge in [0.15, 0.2) is 0 Å². The number of hydrogen-bond donors (Lipinski definition) is 0. The molecule has 3 aromatic rings. The molecule has 1 aliphatic heterocycles. The second kappa shape index (κ2) is 7.17. The summed E-state index contributed by atoms with van der Waals surface area (Å²) >= 11 is 0. The summed E-state index contributed by atoms with van der Waals surface area (Å²) in [6, 6.07) is 10.4. The molecule has 0 radical (unpaired) electrons. The normalized spacial score (nSPS) is 16.3. The minimum absolute atomic E-state index is 0.124. The van der Waals surface area contributed by atoms with Crippen molar-refractivity contribution in [2.45, 2.75) is 38.5 Å². The molecular formula is C23H27N5O. The minimum atomic E-state index is 0.124. The van der Waals surface area contributed by atoms with Crippen LogP contribution < -0.4 is 0 Å². The zero-order valence-electron chi connectivity index (χ0n) is 17.2. The third-order valence-electron chi connectivity index (χ3n) is 6.33. The molecule has 0 bridgehead atoms. The number of aryl methyl sites for hydroxylation is 3. The number of hydrogen-bond acceptors (Lipinski definition) is 3. The van der Waals surface area contributed by atoms with Crippen molar-refractivity contribution in [3.63, 3.8) is 0 Å². The van der Waals surface area contributed by atoms with Gasteiger partial charge in [-0.3, -0.25) is 14.2 Å². The fraction of sp³-hybridized carbons (Fsp3) is 0.435. The Hall–Kier alpha value is -2.89. The maximum absolute atomic E-state index is 13.4. The smallest absolute Gasteiger partial charge is 0.272 e. The van der Waals surface area contributed by atoms with Crippen LogP contribution in [0.3, 0.4) is 0 Å². The summed E-state index contributed by atoms with van der Waals surface area (Å²) in [4.78, 5) is 15.4. The topological polar surface area (TPSA) is 56.0 Å². The molecule has 1 aromatic carbocycles. The summed E-state index contributed by atoms with van der Waals surface area (Å²) in [7, 11) is 3.93. The van der Waals surface area contributed by atoms with Crippen molar-refractivity contribution in [1.82, 2.24) is 24.5 Å². The summed E-state index contributed by atoms with van der Waals surface area (Å²) in [6.45, 7) is 1.42. The lowest BCUT2D eigenvalue weighted by Gasteiger charge is -2.22. The Kier molecular flexibility index (Phi) is 4.49. The molecule has 1 aliphatic carbocycles. The zero-order valence-corrected chi connectivity index (χ0v) is 17.2. The van der Waals surface area contributed by atoms with Crippen LogP contribution >= 0.6 is 0 Å². The average molecular weight is 390 g/mol. The summed E-state index contributed by atoms with van der Waals surface area (Å²) in [5, 5.41) is 9.43. The highest BCUT2D eigenvalue weighted by atomic mass is 16.2. The summed E-state index contributed by atoms with van der Waals surface area (Å²) in [5.74, 6) is 0.124. The van der Waals surface area contributed by atoms with Gasteiger partial charge in [0.1, 0.15) is 5.69 Å². The van der Waals surface area contributed by atoms with Crippen LogP contribution in [0.2, 0.25) is 0 Å².